The van der Waals surface area contributed by atoms with Gasteiger partial charge in [0.25, 0.3) is 5.56 Å². The molecule has 5 nitrogen and oxygen atoms in total. The average Bonchev–Trinajstić information content (AvgIpc) is 2.15. The van der Waals surface area contributed by atoms with Crippen molar-refractivity contribution in [3.05, 3.63) is 28.4 Å². The van der Waals surface area contributed by atoms with Gasteiger partial charge in [0.1, 0.15) is 0 Å². The fraction of sp³-hybridized carbons (Fsp3) is 0.444. The molecule has 1 aromatic rings. The third kappa shape index (κ3) is 2.69. The smallest absolute Gasteiger partial charge is 0.362 e. The molecule has 0 fully saturated rings. The predicted octanol–water partition coefficient (Wildman–Crippen LogP) is 0.583. The molecule has 0 spiro atoms. The first-order valence-corrected chi connectivity index (χ1v) is 4.32. The molecule has 5 heteroatoms. The number of aromatic nitrogens is 2. The minimum Gasteiger partial charge on any atom is -0.461 e. The van der Waals surface area contributed by atoms with E-state index in [1.807, 2.05) is 13.8 Å². The van der Waals surface area contributed by atoms with Crippen molar-refractivity contribution in [1.29, 1.82) is 0 Å². The Kier molecular flexibility index (Phi) is 3.39. The van der Waals surface area contributed by atoms with E-state index in [9.17, 15) is 9.59 Å². The molecule has 0 atom stereocenters. The molecule has 76 valence electrons. The van der Waals surface area contributed by atoms with Gasteiger partial charge in [-0.05, 0) is 5.92 Å². The van der Waals surface area contributed by atoms with Crippen LogP contribution in [0.25, 0.3) is 0 Å². The van der Waals surface area contributed by atoms with Crippen molar-refractivity contribution < 1.29 is 9.53 Å². The standard InChI is InChI=1S/C9H12N2O3/c1-6(2)5-14-9(13)7-8(12)11-4-3-10-7/h3-4,6H,5H2,1-2H3,(H,11,12). The molecule has 0 aliphatic rings. The van der Waals surface area contributed by atoms with Gasteiger partial charge in [0.2, 0.25) is 5.69 Å². The molecular formula is C9H12N2O3. The lowest BCUT2D eigenvalue weighted by Crippen LogP contribution is -2.22. The molecule has 0 amide bonds. The number of hydrogen-bond acceptors (Lipinski definition) is 4. The third-order valence-electron chi connectivity index (χ3n) is 1.45. The number of aromatic amines is 1. The van der Waals surface area contributed by atoms with Crippen molar-refractivity contribution in [3.8, 4) is 0 Å². The summed E-state index contributed by atoms with van der Waals surface area (Å²) >= 11 is 0. The van der Waals surface area contributed by atoms with Crippen molar-refractivity contribution >= 4 is 5.97 Å². The second kappa shape index (κ2) is 4.55. The highest BCUT2D eigenvalue weighted by Crippen LogP contribution is 1.95. The Hall–Kier alpha value is -1.65. The van der Waals surface area contributed by atoms with Crippen LogP contribution in [-0.2, 0) is 4.74 Å². The van der Waals surface area contributed by atoms with Crippen LogP contribution in [0.5, 0.6) is 0 Å². The number of ether oxygens (including phenoxy) is 1. The van der Waals surface area contributed by atoms with Crippen LogP contribution in [0.4, 0.5) is 0 Å². The van der Waals surface area contributed by atoms with Crippen LogP contribution in [0.2, 0.25) is 0 Å². The molecule has 0 radical (unpaired) electrons. The van der Waals surface area contributed by atoms with Crippen LogP contribution >= 0.6 is 0 Å². The minimum absolute atomic E-state index is 0.201. The summed E-state index contributed by atoms with van der Waals surface area (Å²) in [6, 6.07) is 0. The zero-order valence-electron chi connectivity index (χ0n) is 8.11. The molecule has 1 heterocycles. The second-order valence-corrected chi connectivity index (χ2v) is 3.26. The molecule has 0 unspecified atom stereocenters. The van der Waals surface area contributed by atoms with Crippen LogP contribution in [0, 0.1) is 5.92 Å². The maximum Gasteiger partial charge on any atom is 0.362 e. The first kappa shape index (κ1) is 10.4. The Labute approximate surface area is 81.1 Å². The summed E-state index contributed by atoms with van der Waals surface area (Å²) in [5.74, 6) is -0.442. The molecule has 0 saturated carbocycles. The first-order chi connectivity index (χ1) is 6.61. The van der Waals surface area contributed by atoms with Gasteiger partial charge in [0, 0.05) is 12.4 Å². The van der Waals surface area contributed by atoms with Crippen LogP contribution in [0.3, 0.4) is 0 Å². The highest BCUT2D eigenvalue weighted by Gasteiger charge is 2.13. The zero-order valence-corrected chi connectivity index (χ0v) is 8.11. The van der Waals surface area contributed by atoms with Crippen LogP contribution in [0.1, 0.15) is 24.3 Å². The SMILES string of the molecule is CC(C)COC(=O)c1ncc[nH]c1=O. The largest absolute Gasteiger partial charge is 0.461 e. The first-order valence-electron chi connectivity index (χ1n) is 4.32. The second-order valence-electron chi connectivity index (χ2n) is 3.26. The van der Waals surface area contributed by atoms with E-state index in [1.165, 1.54) is 12.4 Å². The molecule has 0 aliphatic carbocycles. The molecular weight excluding hydrogens is 184 g/mol. The summed E-state index contributed by atoms with van der Waals surface area (Å²) < 4.78 is 4.85. The summed E-state index contributed by atoms with van der Waals surface area (Å²) in [5, 5.41) is 0. The summed E-state index contributed by atoms with van der Waals surface area (Å²) in [5.41, 5.74) is -0.727. The summed E-state index contributed by atoms with van der Waals surface area (Å²) in [7, 11) is 0. The Balaban J connectivity index is 2.71. The van der Waals surface area contributed by atoms with E-state index in [4.69, 9.17) is 4.74 Å². The summed E-state index contributed by atoms with van der Waals surface area (Å²) in [6.45, 7) is 4.11. The van der Waals surface area contributed by atoms with Gasteiger partial charge in [0.15, 0.2) is 0 Å². The zero-order chi connectivity index (χ0) is 10.6. The third-order valence-corrected chi connectivity index (χ3v) is 1.45. The van der Waals surface area contributed by atoms with Crippen LogP contribution in [0.15, 0.2) is 17.2 Å². The fourth-order valence-electron chi connectivity index (χ4n) is 0.808. The Morgan fingerprint density at radius 3 is 2.93 bits per heavy atom. The number of carbonyl (C=O) groups is 1. The minimum atomic E-state index is -0.680. The van der Waals surface area contributed by atoms with Gasteiger partial charge in [-0.1, -0.05) is 13.8 Å². The normalized spacial score (nSPS) is 10.2. The molecule has 1 rings (SSSR count). The van der Waals surface area contributed by atoms with Gasteiger partial charge < -0.3 is 9.72 Å². The van der Waals surface area contributed by atoms with E-state index in [2.05, 4.69) is 9.97 Å². The monoisotopic (exact) mass is 196 g/mol. The van der Waals surface area contributed by atoms with Crippen molar-refractivity contribution in [3.63, 3.8) is 0 Å². The van der Waals surface area contributed by atoms with Gasteiger partial charge in [-0.25, -0.2) is 9.78 Å². The molecule has 14 heavy (non-hydrogen) atoms. The Bertz CT molecular complexity index is 370. The molecule has 0 bridgehead atoms. The van der Waals surface area contributed by atoms with Crippen molar-refractivity contribution in [1.82, 2.24) is 9.97 Å². The van der Waals surface area contributed by atoms with Gasteiger partial charge in [-0.3, -0.25) is 4.79 Å². The number of rotatable bonds is 3. The maximum absolute atomic E-state index is 11.3. The van der Waals surface area contributed by atoms with Gasteiger partial charge in [0.05, 0.1) is 6.61 Å². The lowest BCUT2D eigenvalue weighted by molar-refractivity contribution is 0.0449. The fourth-order valence-corrected chi connectivity index (χ4v) is 0.808. The number of nitrogens with one attached hydrogen (secondary N) is 1. The van der Waals surface area contributed by atoms with E-state index >= 15 is 0 Å². The molecule has 1 aromatic heterocycles. The summed E-state index contributed by atoms with van der Waals surface area (Å²) in [4.78, 5) is 28.3. The topological polar surface area (TPSA) is 72.0 Å². The van der Waals surface area contributed by atoms with Crippen molar-refractivity contribution in [2.45, 2.75) is 13.8 Å². The molecule has 1 N–H and O–H groups in total. The van der Waals surface area contributed by atoms with Crippen molar-refractivity contribution in [2.75, 3.05) is 6.61 Å². The van der Waals surface area contributed by atoms with Gasteiger partial charge in [-0.15, -0.1) is 0 Å². The molecule has 0 aliphatic heterocycles. The average molecular weight is 196 g/mol. The number of carbonyl (C=O) groups excluding carboxylic acids is 1. The number of H-pyrrole nitrogens is 1. The van der Waals surface area contributed by atoms with E-state index in [-0.39, 0.29) is 18.2 Å². The van der Waals surface area contributed by atoms with Crippen LogP contribution < -0.4 is 5.56 Å². The molecule has 0 aromatic carbocycles. The molecule has 0 saturated heterocycles. The predicted molar refractivity (Wildman–Crippen MR) is 50.0 cm³/mol. The van der Waals surface area contributed by atoms with E-state index in [0.29, 0.717) is 0 Å². The maximum atomic E-state index is 11.3. The van der Waals surface area contributed by atoms with E-state index in [1.54, 1.807) is 0 Å². The highest BCUT2D eigenvalue weighted by atomic mass is 16.5. The quantitative estimate of drug-likeness (QED) is 0.718. The Morgan fingerprint density at radius 1 is 1.64 bits per heavy atom. The number of hydrogen-bond donors (Lipinski definition) is 1. The lowest BCUT2D eigenvalue weighted by Gasteiger charge is -2.05. The van der Waals surface area contributed by atoms with Crippen LogP contribution in [-0.4, -0.2) is 22.5 Å². The van der Waals surface area contributed by atoms with Gasteiger partial charge in [-0.2, -0.15) is 0 Å². The highest BCUT2D eigenvalue weighted by molar-refractivity contribution is 5.86. The summed E-state index contributed by atoms with van der Waals surface area (Å²) in [6.07, 6.45) is 2.70. The lowest BCUT2D eigenvalue weighted by atomic mass is 10.2. The Morgan fingerprint density at radius 2 is 2.36 bits per heavy atom. The van der Waals surface area contributed by atoms with Crippen molar-refractivity contribution in [2.24, 2.45) is 5.92 Å². The van der Waals surface area contributed by atoms with Gasteiger partial charge >= 0.3 is 5.97 Å². The number of nitrogens with zero attached hydrogens (tertiary/aromatic N) is 1. The van der Waals surface area contributed by atoms with E-state index in [0.717, 1.165) is 0 Å². The van der Waals surface area contributed by atoms with E-state index < -0.39 is 11.5 Å². The number of esters is 1.